The summed E-state index contributed by atoms with van der Waals surface area (Å²) in [5, 5.41) is 13.3. The van der Waals surface area contributed by atoms with Gasteiger partial charge in [0.1, 0.15) is 5.69 Å². The van der Waals surface area contributed by atoms with E-state index in [9.17, 15) is 14.9 Å². The third-order valence-electron chi connectivity index (χ3n) is 2.25. The van der Waals surface area contributed by atoms with Crippen molar-refractivity contribution >= 4 is 23.4 Å². The molecule has 0 unspecified atom stereocenters. The summed E-state index contributed by atoms with van der Waals surface area (Å²) >= 11 is 0. The molecule has 0 aliphatic heterocycles. The second kappa shape index (κ2) is 6.39. The van der Waals surface area contributed by atoms with Gasteiger partial charge in [0.05, 0.1) is 4.92 Å². The van der Waals surface area contributed by atoms with E-state index in [2.05, 4.69) is 5.32 Å². The zero-order valence-corrected chi connectivity index (χ0v) is 10.1. The number of carbonyl (C=O) groups is 1. The molecule has 0 heterocycles. The first-order valence-corrected chi connectivity index (χ1v) is 5.45. The topological polar surface area (TPSA) is 98.3 Å². The quantitative estimate of drug-likeness (QED) is 0.359. The third kappa shape index (κ3) is 4.25. The van der Waals surface area contributed by atoms with Crippen LogP contribution in [0, 0.1) is 10.1 Å². The van der Waals surface area contributed by atoms with Gasteiger partial charge in [-0.15, -0.1) is 0 Å². The van der Waals surface area contributed by atoms with Crippen molar-refractivity contribution in [3.8, 4) is 0 Å². The summed E-state index contributed by atoms with van der Waals surface area (Å²) in [6, 6.07) is 4.63. The van der Waals surface area contributed by atoms with Crippen LogP contribution in [0.1, 0.15) is 18.9 Å². The van der Waals surface area contributed by atoms with Crippen molar-refractivity contribution in [1.82, 2.24) is 5.32 Å². The van der Waals surface area contributed by atoms with E-state index in [0.29, 0.717) is 18.5 Å². The van der Waals surface area contributed by atoms with Gasteiger partial charge in [-0.05, 0) is 18.1 Å². The van der Waals surface area contributed by atoms with Crippen LogP contribution in [0.3, 0.4) is 0 Å². The molecule has 0 aliphatic carbocycles. The first-order chi connectivity index (χ1) is 8.50. The number of hydrogen-bond acceptors (Lipinski definition) is 4. The molecule has 0 saturated heterocycles. The number of rotatable bonds is 5. The number of nitro benzene ring substituents is 1. The lowest BCUT2D eigenvalue weighted by molar-refractivity contribution is -0.383. The van der Waals surface area contributed by atoms with Crippen molar-refractivity contribution in [3.05, 3.63) is 40.0 Å². The van der Waals surface area contributed by atoms with E-state index < -0.39 is 4.92 Å². The number of nitrogens with two attached hydrogens (primary N) is 1. The molecule has 0 saturated carbocycles. The second-order valence-corrected chi connectivity index (χ2v) is 3.75. The predicted molar refractivity (Wildman–Crippen MR) is 69.8 cm³/mol. The van der Waals surface area contributed by atoms with Gasteiger partial charge in [0, 0.05) is 19.5 Å². The highest BCUT2D eigenvalue weighted by Crippen LogP contribution is 2.22. The first kappa shape index (κ1) is 13.7. The Balaban J connectivity index is 2.62. The predicted octanol–water partition coefficient (Wildman–Crippen LogP) is 1.72. The highest BCUT2D eigenvalue weighted by atomic mass is 16.6. The van der Waals surface area contributed by atoms with Gasteiger partial charge in [-0.1, -0.05) is 18.2 Å². The number of benzene rings is 1. The third-order valence-corrected chi connectivity index (χ3v) is 2.25. The summed E-state index contributed by atoms with van der Waals surface area (Å²) < 4.78 is 0. The summed E-state index contributed by atoms with van der Waals surface area (Å²) in [4.78, 5) is 20.8. The number of hydrogen-bond donors (Lipinski definition) is 2. The van der Waals surface area contributed by atoms with E-state index in [4.69, 9.17) is 5.73 Å². The molecule has 1 rings (SSSR count). The number of nitrogens with one attached hydrogen (secondary N) is 1. The van der Waals surface area contributed by atoms with E-state index >= 15 is 0 Å². The van der Waals surface area contributed by atoms with Crippen LogP contribution < -0.4 is 11.1 Å². The lowest BCUT2D eigenvalue weighted by atomic mass is 10.1. The van der Waals surface area contributed by atoms with Gasteiger partial charge in [-0.3, -0.25) is 14.9 Å². The molecule has 0 radical (unpaired) electrons. The lowest BCUT2D eigenvalue weighted by Gasteiger charge is -1.99. The zero-order chi connectivity index (χ0) is 13.5. The molecule has 18 heavy (non-hydrogen) atoms. The van der Waals surface area contributed by atoms with Crippen molar-refractivity contribution in [2.75, 3.05) is 12.3 Å². The Morgan fingerprint density at radius 2 is 2.28 bits per heavy atom. The zero-order valence-electron chi connectivity index (χ0n) is 10.1. The number of nitrogen functional groups attached to an aromatic ring is 1. The molecule has 6 heteroatoms. The molecule has 0 bridgehead atoms. The Bertz CT molecular complexity index is 483. The minimum absolute atomic E-state index is 0.0773. The molecular formula is C12H15N3O3. The standard InChI is InChI=1S/C12H15N3O3/c1-9(16)14-7-3-2-4-10-5-6-11(13)12(8-10)15(17)18/h2,4-6,8H,3,7,13H2,1H3,(H,14,16). The van der Waals surface area contributed by atoms with E-state index in [-0.39, 0.29) is 17.3 Å². The fourth-order valence-corrected chi connectivity index (χ4v) is 1.37. The van der Waals surface area contributed by atoms with Gasteiger partial charge in [-0.25, -0.2) is 0 Å². The van der Waals surface area contributed by atoms with Crippen molar-refractivity contribution in [1.29, 1.82) is 0 Å². The summed E-state index contributed by atoms with van der Waals surface area (Å²) in [5.74, 6) is -0.0773. The van der Waals surface area contributed by atoms with Crippen LogP contribution >= 0.6 is 0 Å². The highest BCUT2D eigenvalue weighted by molar-refractivity contribution is 5.72. The van der Waals surface area contributed by atoms with Gasteiger partial charge < -0.3 is 11.1 Å². The largest absolute Gasteiger partial charge is 0.393 e. The van der Waals surface area contributed by atoms with Crippen molar-refractivity contribution in [2.45, 2.75) is 13.3 Å². The average Bonchev–Trinajstić information content (AvgIpc) is 2.30. The minimum atomic E-state index is -0.510. The molecular weight excluding hydrogens is 234 g/mol. The van der Waals surface area contributed by atoms with Crippen molar-refractivity contribution in [2.24, 2.45) is 0 Å². The van der Waals surface area contributed by atoms with Crippen LogP contribution in [0.25, 0.3) is 6.08 Å². The summed E-state index contributed by atoms with van der Waals surface area (Å²) in [7, 11) is 0. The molecule has 0 aromatic heterocycles. The van der Waals surface area contributed by atoms with Crippen molar-refractivity contribution < 1.29 is 9.72 Å². The number of anilines is 1. The number of amides is 1. The van der Waals surface area contributed by atoms with E-state index in [1.54, 1.807) is 12.1 Å². The molecule has 1 aromatic carbocycles. The van der Waals surface area contributed by atoms with Gasteiger partial charge >= 0.3 is 0 Å². The maximum absolute atomic E-state index is 10.7. The molecule has 0 atom stereocenters. The molecule has 1 aromatic rings. The van der Waals surface area contributed by atoms with Gasteiger partial charge in [0.25, 0.3) is 5.69 Å². The molecule has 0 spiro atoms. The van der Waals surface area contributed by atoms with Crippen LogP contribution in [0.5, 0.6) is 0 Å². The number of nitro groups is 1. The van der Waals surface area contributed by atoms with Gasteiger partial charge in [0.15, 0.2) is 0 Å². The average molecular weight is 249 g/mol. The Hall–Kier alpha value is -2.37. The number of carbonyl (C=O) groups excluding carboxylic acids is 1. The van der Waals surface area contributed by atoms with Crippen molar-refractivity contribution in [3.63, 3.8) is 0 Å². The maximum atomic E-state index is 10.7. The Labute approximate surface area is 105 Å². The van der Waals surface area contributed by atoms with E-state index in [1.807, 2.05) is 6.08 Å². The molecule has 96 valence electrons. The number of nitrogens with zero attached hydrogens (tertiary/aromatic N) is 1. The van der Waals surface area contributed by atoms with E-state index in [1.165, 1.54) is 19.1 Å². The summed E-state index contributed by atoms with van der Waals surface area (Å²) in [5.41, 5.74) is 6.24. The molecule has 1 amide bonds. The van der Waals surface area contributed by atoms with Gasteiger partial charge in [-0.2, -0.15) is 0 Å². The molecule has 3 N–H and O–H groups in total. The fraction of sp³-hybridized carbons (Fsp3) is 0.250. The van der Waals surface area contributed by atoms with Crippen LogP contribution in [0.2, 0.25) is 0 Å². The van der Waals surface area contributed by atoms with Crippen LogP contribution in [-0.2, 0) is 4.79 Å². The summed E-state index contributed by atoms with van der Waals surface area (Å²) in [6.45, 7) is 2.00. The molecule has 6 nitrogen and oxygen atoms in total. The fourth-order valence-electron chi connectivity index (χ4n) is 1.37. The monoisotopic (exact) mass is 249 g/mol. The molecule has 0 aliphatic rings. The Kier molecular flexibility index (Phi) is 4.86. The van der Waals surface area contributed by atoms with Crippen LogP contribution in [0.4, 0.5) is 11.4 Å². The highest BCUT2D eigenvalue weighted by Gasteiger charge is 2.10. The Morgan fingerprint density at radius 1 is 1.56 bits per heavy atom. The lowest BCUT2D eigenvalue weighted by Crippen LogP contribution is -2.20. The molecule has 0 fully saturated rings. The van der Waals surface area contributed by atoms with Crippen LogP contribution in [-0.4, -0.2) is 17.4 Å². The summed E-state index contributed by atoms with van der Waals surface area (Å²) in [6.07, 6.45) is 4.26. The van der Waals surface area contributed by atoms with Crippen LogP contribution in [0.15, 0.2) is 24.3 Å². The van der Waals surface area contributed by atoms with Gasteiger partial charge in [0.2, 0.25) is 5.91 Å². The smallest absolute Gasteiger partial charge is 0.292 e. The maximum Gasteiger partial charge on any atom is 0.292 e. The second-order valence-electron chi connectivity index (χ2n) is 3.75. The van der Waals surface area contributed by atoms with E-state index in [0.717, 1.165) is 0 Å². The minimum Gasteiger partial charge on any atom is -0.393 e. The SMILES string of the molecule is CC(=O)NCCC=Cc1ccc(N)c([N+](=O)[O-])c1. The first-order valence-electron chi connectivity index (χ1n) is 5.45. The Morgan fingerprint density at radius 3 is 2.89 bits per heavy atom. The normalized spacial score (nSPS) is 10.5.